The summed E-state index contributed by atoms with van der Waals surface area (Å²) in [4.78, 5) is 57.6. The van der Waals surface area contributed by atoms with E-state index in [0.717, 1.165) is 0 Å². The zero-order valence-corrected chi connectivity index (χ0v) is 15.2. The monoisotopic (exact) mass is 410 g/mol. The Hall–Kier alpha value is -3.67. The fourth-order valence-electron chi connectivity index (χ4n) is 2.31. The van der Waals surface area contributed by atoms with E-state index in [1.165, 1.54) is 12.1 Å². The number of amides is 3. The zero-order valence-electron chi connectivity index (χ0n) is 15.2. The molecule has 1 rings (SSSR count). The van der Waals surface area contributed by atoms with Crippen molar-refractivity contribution in [2.75, 3.05) is 0 Å². The Morgan fingerprint density at radius 2 is 1.45 bits per heavy atom. The largest absolute Gasteiger partial charge is 0.508 e. The van der Waals surface area contributed by atoms with Crippen LogP contribution in [0.2, 0.25) is 0 Å². The predicted octanol–water partition coefficient (Wildman–Crippen LogP) is -2.33. The molecule has 0 unspecified atom stereocenters. The first-order valence-corrected chi connectivity index (χ1v) is 8.36. The van der Waals surface area contributed by atoms with E-state index in [2.05, 4.69) is 5.32 Å². The van der Waals surface area contributed by atoms with E-state index in [-0.39, 0.29) is 12.2 Å². The van der Waals surface area contributed by atoms with Crippen molar-refractivity contribution in [2.24, 2.45) is 11.5 Å². The first kappa shape index (κ1) is 23.4. The maximum absolute atomic E-state index is 12.3. The molecule has 0 aliphatic heterocycles. The molecule has 0 spiro atoms. The van der Waals surface area contributed by atoms with Gasteiger partial charge in [0.25, 0.3) is 0 Å². The zero-order chi connectivity index (χ0) is 22.1. The quantitative estimate of drug-likeness (QED) is 0.207. The van der Waals surface area contributed by atoms with Gasteiger partial charge in [-0.1, -0.05) is 12.1 Å². The molecule has 0 aromatic heterocycles. The maximum Gasteiger partial charge on any atom is 0.326 e. The lowest BCUT2D eigenvalue weighted by molar-refractivity contribution is -0.147. The summed E-state index contributed by atoms with van der Waals surface area (Å²) in [6.45, 7) is 0. The third kappa shape index (κ3) is 8.26. The molecule has 158 valence electrons. The van der Waals surface area contributed by atoms with E-state index in [0.29, 0.717) is 5.56 Å². The molecule has 3 amide bonds. The van der Waals surface area contributed by atoms with E-state index in [9.17, 15) is 29.1 Å². The third-order valence-electron chi connectivity index (χ3n) is 3.76. The van der Waals surface area contributed by atoms with Crippen LogP contribution in [0.15, 0.2) is 24.3 Å². The van der Waals surface area contributed by atoms with Crippen LogP contribution in [0.1, 0.15) is 18.4 Å². The number of hydrogen-bond donors (Lipinski definition) is 7. The summed E-state index contributed by atoms with van der Waals surface area (Å²) in [6.07, 6.45) is -1.50. The molecule has 1 aromatic rings. The first-order valence-electron chi connectivity index (χ1n) is 8.36. The minimum absolute atomic E-state index is 0.0271. The number of carboxylic acids is 2. The lowest BCUT2D eigenvalue weighted by atomic mass is 10.0. The Bertz CT molecular complexity index is 780. The van der Waals surface area contributed by atoms with Gasteiger partial charge in [-0.2, -0.15) is 0 Å². The van der Waals surface area contributed by atoms with Gasteiger partial charge in [0.1, 0.15) is 17.8 Å². The molecular formula is C17H22N4O8. The molecule has 29 heavy (non-hydrogen) atoms. The van der Waals surface area contributed by atoms with Crippen LogP contribution in [0.25, 0.3) is 0 Å². The Kier molecular flexibility index (Phi) is 8.55. The number of nitrogens with one attached hydrogen (secondary N) is 2. The van der Waals surface area contributed by atoms with Crippen molar-refractivity contribution in [3.05, 3.63) is 29.8 Å². The number of carboxylic acid groups (broad SMARTS) is 2. The van der Waals surface area contributed by atoms with Gasteiger partial charge >= 0.3 is 11.9 Å². The molecule has 1 aromatic carbocycles. The molecule has 0 radical (unpaired) electrons. The molecule has 0 fully saturated rings. The van der Waals surface area contributed by atoms with Crippen LogP contribution in [0.4, 0.5) is 0 Å². The molecule has 3 atom stereocenters. The second-order valence-corrected chi connectivity index (χ2v) is 6.21. The summed E-state index contributed by atoms with van der Waals surface area (Å²) in [6, 6.07) is 1.45. The van der Waals surface area contributed by atoms with Crippen molar-refractivity contribution in [2.45, 2.75) is 37.4 Å². The highest BCUT2D eigenvalue weighted by Crippen LogP contribution is 2.11. The average molecular weight is 410 g/mol. The minimum Gasteiger partial charge on any atom is -0.508 e. The lowest BCUT2D eigenvalue weighted by Crippen LogP contribution is -2.56. The highest BCUT2D eigenvalue weighted by atomic mass is 16.4. The van der Waals surface area contributed by atoms with Gasteiger partial charge in [0.05, 0.1) is 18.9 Å². The number of primary amides is 1. The Labute approximate surface area is 164 Å². The predicted molar refractivity (Wildman–Crippen MR) is 97.3 cm³/mol. The van der Waals surface area contributed by atoms with Crippen molar-refractivity contribution in [3.8, 4) is 5.75 Å². The van der Waals surface area contributed by atoms with E-state index < -0.39 is 60.6 Å². The van der Waals surface area contributed by atoms with Gasteiger partial charge in [-0.05, 0) is 24.1 Å². The third-order valence-corrected chi connectivity index (χ3v) is 3.76. The molecule has 0 aliphatic rings. The molecule has 12 nitrogen and oxygen atoms in total. The number of nitrogens with two attached hydrogens (primary N) is 2. The number of carbonyl (C=O) groups is 5. The van der Waals surface area contributed by atoms with Crippen LogP contribution in [0.3, 0.4) is 0 Å². The molecule has 0 saturated heterocycles. The summed E-state index contributed by atoms with van der Waals surface area (Å²) in [7, 11) is 0. The molecule has 0 bridgehead atoms. The lowest BCUT2D eigenvalue weighted by Gasteiger charge is -2.21. The Balaban J connectivity index is 2.82. The normalized spacial score (nSPS) is 13.6. The average Bonchev–Trinajstić information content (AvgIpc) is 2.61. The van der Waals surface area contributed by atoms with Crippen molar-refractivity contribution < 1.29 is 39.3 Å². The summed E-state index contributed by atoms with van der Waals surface area (Å²) in [5.74, 6) is -5.91. The van der Waals surface area contributed by atoms with Gasteiger partial charge < -0.3 is 37.4 Å². The summed E-state index contributed by atoms with van der Waals surface area (Å²) >= 11 is 0. The van der Waals surface area contributed by atoms with Gasteiger partial charge in [-0.15, -0.1) is 0 Å². The highest BCUT2D eigenvalue weighted by molar-refractivity contribution is 5.95. The fourth-order valence-corrected chi connectivity index (χ4v) is 2.31. The number of phenols is 1. The minimum atomic E-state index is -1.77. The number of carbonyl (C=O) groups excluding carboxylic acids is 3. The fraction of sp³-hybridized carbons (Fsp3) is 0.353. The van der Waals surface area contributed by atoms with Crippen LogP contribution < -0.4 is 22.1 Å². The van der Waals surface area contributed by atoms with Gasteiger partial charge in [-0.25, -0.2) is 4.79 Å². The van der Waals surface area contributed by atoms with E-state index in [1.807, 2.05) is 5.32 Å². The number of rotatable bonds is 11. The van der Waals surface area contributed by atoms with Crippen LogP contribution in [-0.2, 0) is 30.4 Å². The van der Waals surface area contributed by atoms with Crippen LogP contribution in [-0.4, -0.2) is 63.1 Å². The maximum atomic E-state index is 12.3. The smallest absolute Gasteiger partial charge is 0.326 e. The van der Waals surface area contributed by atoms with Crippen LogP contribution >= 0.6 is 0 Å². The van der Waals surface area contributed by atoms with Crippen molar-refractivity contribution in [3.63, 3.8) is 0 Å². The standard InChI is InChI=1S/C17H22N4O8/c18-10(5-8-1-3-9(22)4-2-8)15(26)20-11(6-13(19)23)16(27)21-12(17(28)29)7-14(24)25/h1-4,10-12,22H,5-7,18H2,(H2,19,23)(H,20,26)(H,21,27)(H,24,25)(H,28,29)/t10-,11-,12-/m0/s1. The first-order chi connectivity index (χ1) is 13.5. The SMILES string of the molecule is NC(=O)C[C@H](NC(=O)[C@@H](N)Cc1ccc(O)cc1)C(=O)N[C@@H](CC(=O)O)C(=O)O. The topological polar surface area (TPSA) is 222 Å². The van der Waals surface area contributed by atoms with Gasteiger partial charge in [0, 0.05) is 0 Å². The number of phenolic OH excluding ortho intramolecular Hbond substituents is 1. The second-order valence-electron chi connectivity index (χ2n) is 6.21. The molecule has 0 heterocycles. The number of hydrogen-bond acceptors (Lipinski definition) is 7. The van der Waals surface area contributed by atoms with Crippen LogP contribution in [0.5, 0.6) is 5.75 Å². The molecule has 12 heteroatoms. The van der Waals surface area contributed by atoms with Crippen molar-refractivity contribution in [1.82, 2.24) is 10.6 Å². The van der Waals surface area contributed by atoms with Gasteiger partial charge in [-0.3, -0.25) is 19.2 Å². The van der Waals surface area contributed by atoms with Crippen LogP contribution in [0, 0.1) is 0 Å². The molecule has 0 aliphatic carbocycles. The number of benzene rings is 1. The van der Waals surface area contributed by atoms with E-state index >= 15 is 0 Å². The number of aliphatic carboxylic acids is 2. The van der Waals surface area contributed by atoms with Gasteiger partial charge in [0.15, 0.2) is 0 Å². The van der Waals surface area contributed by atoms with Gasteiger partial charge in [0.2, 0.25) is 17.7 Å². The van der Waals surface area contributed by atoms with E-state index in [4.69, 9.17) is 21.7 Å². The Morgan fingerprint density at radius 1 is 0.897 bits per heavy atom. The summed E-state index contributed by atoms with van der Waals surface area (Å²) < 4.78 is 0. The van der Waals surface area contributed by atoms with Crippen molar-refractivity contribution >= 4 is 29.7 Å². The second kappa shape index (κ2) is 10.6. The Morgan fingerprint density at radius 3 is 1.93 bits per heavy atom. The number of aromatic hydroxyl groups is 1. The van der Waals surface area contributed by atoms with E-state index in [1.54, 1.807) is 12.1 Å². The summed E-state index contributed by atoms with van der Waals surface area (Å²) in [5.41, 5.74) is 11.5. The van der Waals surface area contributed by atoms with Crippen molar-refractivity contribution in [1.29, 1.82) is 0 Å². The molecule has 0 saturated carbocycles. The highest BCUT2D eigenvalue weighted by Gasteiger charge is 2.30. The summed E-state index contributed by atoms with van der Waals surface area (Å²) in [5, 5.41) is 31.1. The molecular weight excluding hydrogens is 388 g/mol. The molecule has 9 N–H and O–H groups in total.